The van der Waals surface area contributed by atoms with Crippen LogP contribution in [0.25, 0.3) is 21.5 Å². The second kappa shape index (κ2) is 8.10. The van der Waals surface area contributed by atoms with Gasteiger partial charge in [-0.25, -0.2) is 0 Å². The van der Waals surface area contributed by atoms with E-state index in [1.165, 1.54) is 16.2 Å². The van der Waals surface area contributed by atoms with Crippen LogP contribution in [0.5, 0.6) is 0 Å². The van der Waals surface area contributed by atoms with E-state index in [-0.39, 0.29) is 0 Å². The highest BCUT2D eigenvalue weighted by molar-refractivity contribution is 6.77. The van der Waals surface area contributed by atoms with Crippen molar-refractivity contribution in [3.05, 3.63) is 54.6 Å². The Morgan fingerprint density at radius 3 is 2.24 bits per heavy atom. The summed E-state index contributed by atoms with van der Waals surface area (Å²) >= 11 is 0. The van der Waals surface area contributed by atoms with Crippen LogP contribution in [0.2, 0.25) is 0 Å². The Labute approximate surface area is 150 Å². The highest BCUT2D eigenvalue weighted by Gasteiger charge is 2.43. The van der Waals surface area contributed by atoms with Crippen LogP contribution < -0.4 is 5.19 Å². The van der Waals surface area contributed by atoms with Crippen LogP contribution >= 0.6 is 0 Å². The molecular formula is C21H26O3Si. The second-order valence-corrected chi connectivity index (χ2v) is 8.76. The van der Waals surface area contributed by atoms with E-state index in [0.717, 1.165) is 23.4 Å². The largest absolute Gasteiger partial charge is 0.537 e. The molecule has 0 saturated heterocycles. The molecule has 0 aliphatic carbocycles. The molecular weight excluding hydrogens is 328 g/mol. The minimum absolute atomic E-state index is 0.566. The van der Waals surface area contributed by atoms with Crippen LogP contribution in [0.3, 0.4) is 0 Å². The standard InChI is InChI=1S/C21H26O3Si/c1-4-6-14-24-25(22-3,23-5-2)21-13-9-12-19-15-17-10-7-8-11-18(17)16-20(19)21/h7-13,15-16H,4-6,14H2,1-3H3. The Morgan fingerprint density at radius 2 is 1.56 bits per heavy atom. The number of unbranched alkanes of at least 4 members (excludes halogenated alkanes) is 1. The van der Waals surface area contributed by atoms with E-state index in [0.29, 0.717) is 13.2 Å². The van der Waals surface area contributed by atoms with Crippen molar-refractivity contribution in [3.8, 4) is 0 Å². The maximum absolute atomic E-state index is 6.26. The zero-order valence-corrected chi connectivity index (χ0v) is 16.2. The van der Waals surface area contributed by atoms with E-state index >= 15 is 0 Å². The zero-order chi connectivity index (χ0) is 17.7. The Hall–Kier alpha value is -1.72. The Balaban J connectivity index is 2.17. The lowest BCUT2D eigenvalue weighted by Gasteiger charge is -2.29. The Bertz CT molecular complexity index is 849. The first kappa shape index (κ1) is 18.1. The summed E-state index contributed by atoms with van der Waals surface area (Å²) in [5.74, 6) is 0. The van der Waals surface area contributed by atoms with E-state index in [4.69, 9.17) is 13.3 Å². The SMILES string of the molecule is CCCCO[Si](OC)(OCC)c1cccc2cc3ccccc3cc12. The molecule has 3 rings (SSSR count). The minimum Gasteiger partial charge on any atom is -0.373 e. The van der Waals surface area contributed by atoms with Crippen molar-refractivity contribution >= 4 is 35.5 Å². The van der Waals surface area contributed by atoms with Gasteiger partial charge in [0.05, 0.1) is 0 Å². The lowest BCUT2D eigenvalue weighted by Crippen LogP contribution is -2.56. The van der Waals surface area contributed by atoms with Gasteiger partial charge in [0.1, 0.15) is 0 Å². The normalized spacial score (nSPS) is 14.0. The summed E-state index contributed by atoms with van der Waals surface area (Å²) in [6.07, 6.45) is 2.08. The molecule has 0 aliphatic heterocycles. The minimum atomic E-state index is -2.93. The van der Waals surface area contributed by atoms with Crippen LogP contribution in [0, 0.1) is 0 Å². The maximum Gasteiger partial charge on any atom is 0.537 e. The first-order valence-electron chi connectivity index (χ1n) is 8.99. The van der Waals surface area contributed by atoms with Crippen molar-refractivity contribution in [2.24, 2.45) is 0 Å². The van der Waals surface area contributed by atoms with E-state index < -0.39 is 8.80 Å². The first-order valence-corrected chi connectivity index (χ1v) is 10.7. The fourth-order valence-electron chi connectivity index (χ4n) is 3.20. The summed E-state index contributed by atoms with van der Waals surface area (Å²) in [5, 5.41) is 5.84. The van der Waals surface area contributed by atoms with E-state index in [1.54, 1.807) is 7.11 Å². The summed E-state index contributed by atoms with van der Waals surface area (Å²) in [5.41, 5.74) is 0. The fraction of sp³-hybridized carbons (Fsp3) is 0.333. The molecule has 0 aliphatic rings. The van der Waals surface area contributed by atoms with Crippen LogP contribution in [-0.2, 0) is 13.3 Å². The predicted molar refractivity (Wildman–Crippen MR) is 106 cm³/mol. The van der Waals surface area contributed by atoms with Crippen LogP contribution in [-0.4, -0.2) is 29.1 Å². The van der Waals surface area contributed by atoms with Crippen molar-refractivity contribution in [1.29, 1.82) is 0 Å². The van der Waals surface area contributed by atoms with Crippen molar-refractivity contribution in [2.75, 3.05) is 20.3 Å². The van der Waals surface area contributed by atoms with Gasteiger partial charge in [-0.3, -0.25) is 0 Å². The molecule has 4 heteroatoms. The van der Waals surface area contributed by atoms with Gasteiger partial charge in [-0.2, -0.15) is 0 Å². The maximum atomic E-state index is 6.26. The summed E-state index contributed by atoms with van der Waals surface area (Å²) in [7, 11) is -1.23. The second-order valence-electron chi connectivity index (χ2n) is 6.12. The summed E-state index contributed by atoms with van der Waals surface area (Å²) in [6, 6.07) is 19.2. The van der Waals surface area contributed by atoms with Crippen molar-refractivity contribution < 1.29 is 13.3 Å². The molecule has 0 aromatic heterocycles. The van der Waals surface area contributed by atoms with Gasteiger partial charge in [0, 0.05) is 25.5 Å². The monoisotopic (exact) mass is 354 g/mol. The quantitative estimate of drug-likeness (QED) is 0.335. The molecule has 0 spiro atoms. The molecule has 132 valence electrons. The van der Waals surface area contributed by atoms with Gasteiger partial charge < -0.3 is 13.3 Å². The lowest BCUT2D eigenvalue weighted by molar-refractivity contribution is 0.0957. The van der Waals surface area contributed by atoms with Gasteiger partial charge in [-0.15, -0.1) is 0 Å². The molecule has 1 atom stereocenters. The summed E-state index contributed by atoms with van der Waals surface area (Å²) in [4.78, 5) is 0. The van der Waals surface area contributed by atoms with E-state index in [1.807, 2.05) is 6.92 Å². The highest BCUT2D eigenvalue weighted by Crippen LogP contribution is 2.24. The number of benzene rings is 3. The number of fused-ring (bicyclic) bond motifs is 2. The van der Waals surface area contributed by atoms with Crippen LogP contribution in [0.15, 0.2) is 54.6 Å². The zero-order valence-electron chi connectivity index (χ0n) is 15.2. The molecule has 0 saturated carbocycles. The van der Waals surface area contributed by atoms with Gasteiger partial charge in [0.25, 0.3) is 0 Å². The topological polar surface area (TPSA) is 27.7 Å². The average molecular weight is 355 g/mol. The fourth-order valence-corrected chi connectivity index (χ4v) is 5.69. The number of hydrogen-bond donors (Lipinski definition) is 0. The third-order valence-electron chi connectivity index (χ3n) is 4.47. The van der Waals surface area contributed by atoms with Crippen LogP contribution in [0.1, 0.15) is 26.7 Å². The Morgan fingerprint density at radius 1 is 0.840 bits per heavy atom. The third-order valence-corrected chi connectivity index (χ3v) is 7.36. The van der Waals surface area contributed by atoms with E-state index in [2.05, 4.69) is 61.5 Å². The van der Waals surface area contributed by atoms with Gasteiger partial charge in [0.15, 0.2) is 0 Å². The Kier molecular flexibility index (Phi) is 5.86. The van der Waals surface area contributed by atoms with Gasteiger partial charge >= 0.3 is 8.80 Å². The molecule has 25 heavy (non-hydrogen) atoms. The third kappa shape index (κ3) is 3.62. The summed E-state index contributed by atoms with van der Waals surface area (Å²) < 4.78 is 18.3. The highest BCUT2D eigenvalue weighted by atomic mass is 28.4. The van der Waals surface area contributed by atoms with Crippen molar-refractivity contribution in [1.82, 2.24) is 0 Å². The molecule has 0 N–H and O–H groups in total. The molecule has 0 bridgehead atoms. The number of rotatable bonds is 8. The predicted octanol–water partition coefficient (Wildman–Crippen LogP) is 4.64. The van der Waals surface area contributed by atoms with Gasteiger partial charge in [-0.1, -0.05) is 55.8 Å². The van der Waals surface area contributed by atoms with Crippen molar-refractivity contribution in [2.45, 2.75) is 26.7 Å². The smallest absolute Gasteiger partial charge is 0.373 e. The average Bonchev–Trinajstić information content (AvgIpc) is 2.65. The lowest BCUT2D eigenvalue weighted by atomic mass is 10.0. The summed E-state index contributed by atoms with van der Waals surface area (Å²) in [6.45, 7) is 5.37. The number of hydrogen-bond acceptors (Lipinski definition) is 3. The molecule has 0 amide bonds. The molecule has 3 aromatic carbocycles. The molecule has 0 heterocycles. The van der Waals surface area contributed by atoms with Crippen molar-refractivity contribution in [3.63, 3.8) is 0 Å². The van der Waals surface area contributed by atoms with Gasteiger partial charge in [-0.05, 0) is 47.0 Å². The first-order chi connectivity index (χ1) is 12.2. The van der Waals surface area contributed by atoms with E-state index in [9.17, 15) is 0 Å². The molecule has 1 unspecified atom stereocenters. The van der Waals surface area contributed by atoms with Gasteiger partial charge in [0.2, 0.25) is 0 Å². The molecule has 3 aromatic rings. The molecule has 0 fully saturated rings. The molecule has 0 radical (unpaired) electrons. The molecule has 3 nitrogen and oxygen atoms in total. The van der Waals surface area contributed by atoms with Crippen LogP contribution in [0.4, 0.5) is 0 Å².